The molecule has 0 saturated carbocycles. The largest absolute Gasteiger partial charge is 0.494 e. The van der Waals surface area contributed by atoms with Crippen molar-refractivity contribution < 1.29 is 9.13 Å². The molecule has 0 aromatic heterocycles. The number of hydrogen-bond acceptors (Lipinski definition) is 2. The summed E-state index contributed by atoms with van der Waals surface area (Å²) in [6, 6.07) is 5.05. The molecule has 0 saturated heterocycles. The Kier molecular flexibility index (Phi) is 5.72. The molecule has 0 fully saturated rings. The van der Waals surface area contributed by atoms with E-state index in [4.69, 9.17) is 16.3 Å². The fourth-order valence-corrected chi connectivity index (χ4v) is 1.69. The van der Waals surface area contributed by atoms with Crippen molar-refractivity contribution in [3.05, 3.63) is 29.6 Å². The standard InChI is InChI=1S/C13H19ClFNO/c1-10(14)6-7-16(2)9-11-4-5-13(17-3)12(15)8-11/h4-5,8,10H,6-7,9H2,1-3H3. The average Bonchev–Trinajstić information content (AvgIpc) is 2.26. The van der Waals surface area contributed by atoms with Crippen LogP contribution in [0.15, 0.2) is 18.2 Å². The Morgan fingerprint density at radius 3 is 2.71 bits per heavy atom. The molecular weight excluding hydrogens is 241 g/mol. The molecule has 0 spiro atoms. The minimum Gasteiger partial charge on any atom is -0.494 e. The van der Waals surface area contributed by atoms with E-state index in [1.807, 2.05) is 20.0 Å². The maximum absolute atomic E-state index is 13.5. The van der Waals surface area contributed by atoms with Gasteiger partial charge in [0.05, 0.1) is 7.11 Å². The van der Waals surface area contributed by atoms with Gasteiger partial charge in [-0.1, -0.05) is 6.07 Å². The maximum Gasteiger partial charge on any atom is 0.165 e. The van der Waals surface area contributed by atoms with Gasteiger partial charge in [0, 0.05) is 11.9 Å². The molecule has 0 radical (unpaired) electrons. The Morgan fingerprint density at radius 1 is 1.47 bits per heavy atom. The van der Waals surface area contributed by atoms with Crippen LogP contribution in [0.5, 0.6) is 5.75 Å². The number of benzene rings is 1. The number of halogens is 2. The van der Waals surface area contributed by atoms with Crippen LogP contribution < -0.4 is 4.74 Å². The Hall–Kier alpha value is -0.800. The molecule has 17 heavy (non-hydrogen) atoms. The highest BCUT2D eigenvalue weighted by molar-refractivity contribution is 6.20. The highest BCUT2D eigenvalue weighted by Crippen LogP contribution is 2.18. The number of alkyl halides is 1. The van der Waals surface area contributed by atoms with Crippen LogP contribution in [0.4, 0.5) is 4.39 Å². The maximum atomic E-state index is 13.5. The Bertz CT molecular complexity index is 357. The highest BCUT2D eigenvalue weighted by atomic mass is 35.5. The molecule has 1 unspecified atom stereocenters. The summed E-state index contributed by atoms with van der Waals surface area (Å²) in [5.41, 5.74) is 0.938. The summed E-state index contributed by atoms with van der Waals surface area (Å²) in [6.07, 6.45) is 0.927. The van der Waals surface area contributed by atoms with Crippen molar-refractivity contribution in [2.75, 3.05) is 20.7 Å². The highest BCUT2D eigenvalue weighted by Gasteiger charge is 2.06. The fraction of sp³-hybridized carbons (Fsp3) is 0.538. The molecule has 2 nitrogen and oxygen atoms in total. The van der Waals surface area contributed by atoms with Gasteiger partial charge in [-0.25, -0.2) is 4.39 Å². The lowest BCUT2D eigenvalue weighted by Gasteiger charge is -2.17. The predicted octanol–water partition coefficient (Wildman–Crippen LogP) is 3.28. The predicted molar refractivity (Wildman–Crippen MR) is 69.2 cm³/mol. The monoisotopic (exact) mass is 259 g/mol. The van der Waals surface area contributed by atoms with Crippen LogP contribution in [-0.2, 0) is 6.54 Å². The summed E-state index contributed by atoms with van der Waals surface area (Å²) >= 11 is 5.89. The van der Waals surface area contributed by atoms with E-state index in [1.165, 1.54) is 13.2 Å². The average molecular weight is 260 g/mol. The molecule has 0 bridgehead atoms. The summed E-state index contributed by atoms with van der Waals surface area (Å²) in [6.45, 7) is 3.59. The van der Waals surface area contributed by atoms with E-state index in [0.717, 1.165) is 18.5 Å². The van der Waals surface area contributed by atoms with Crippen LogP contribution in [0.2, 0.25) is 0 Å². The van der Waals surface area contributed by atoms with Gasteiger partial charge in [-0.2, -0.15) is 0 Å². The Morgan fingerprint density at radius 2 is 2.18 bits per heavy atom. The smallest absolute Gasteiger partial charge is 0.165 e. The molecule has 4 heteroatoms. The van der Waals surface area contributed by atoms with Crippen molar-refractivity contribution in [2.45, 2.75) is 25.3 Å². The molecule has 1 atom stereocenters. The zero-order valence-electron chi connectivity index (χ0n) is 10.5. The van der Waals surface area contributed by atoms with Crippen LogP contribution in [0, 0.1) is 5.82 Å². The van der Waals surface area contributed by atoms with E-state index in [2.05, 4.69) is 4.90 Å². The number of nitrogens with zero attached hydrogens (tertiary/aromatic N) is 1. The van der Waals surface area contributed by atoms with Gasteiger partial charge >= 0.3 is 0 Å². The first-order chi connectivity index (χ1) is 8.02. The van der Waals surface area contributed by atoms with Crippen LogP contribution >= 0.6 is 11.6 Å². The van der Waals surface area contributed by atoms with Gasteiger partial charge in [0.15, 0.2) is 11.6 Å². The first kappa shape index (κ1) is 14.3. The second-order valence-electron chi connectivity index (χ2n) is 4.28. The quantitative estimate of drug-likeness (QED) is 0.727. The molecule has 0 heterocycles. The summed E-state index contributed by atoms with van der Waals surface area (Å²) in [5.74, 6) is -0.0325. The number of methoxy groups -OCH3 is 1. The lowest BCUT2D eigenvalue weighted by Crippen LogP contribution is -2.20. The van der Waals surface area contributed by atoms with Gasteiger partial charge in [-0.3, -0.25) is 0 Å². The molecule has 0 aliphatic rings. The van der Waals surface area contributed by atoms with Crippen LogP contribution in [0.1, 0.15) is 18.9 Å². The van der Waals surface area contributed by atoms with Crippen molar-refractivity contribution >= 4 is 11.6 Å². The van der Waals surface area contributed by atoms with Gasteiger partial charge in [-0.15, -0.1) is 11.6 Å². The summed E-state index contributed by atoms with van der Waals surface area (Å²) in [7, 11) is 3.47. The van der Waals surface area contributed by atoms with Crippen LogP contribution in [0.25, 0.3) is 0 Å². The number of hydrogen-bond donors (Lipinski definition) is 0. The third kappa shape index (κ3) is 4.92. The topological polar surface area (TPSA) is 12.5 Å². The van der Waals surface area contributed by atoms with E-state index in [9.17, 15) is 4.39 Å². The van der Waals surface area contributed by atoms with E-state index in [-0.39, 0.29) is 16.9 Å². The molecular formula is C13H19ClFNO. The van der Waals surface area contributed by atoms with E-state index in [1.54, 1.807) is 6.07 Å². The van der Waals surface area contributed by atoms with Crippen LogP contribution in [-0.4, -0.2) is 31.0 Å². The second kappa shape index (κ2) is 6.82. The van der Waals surface area contributed by atoms with E-state index < -0.39 is 0 Å². The minimum atomic E-state index is -0.316. The molecule has 0 amide bonds. The Balaban J connectivity index is 2.53. The van der Waals surface area contributed by atoms with Crippen molar-refractivity contribution in [2.24, 2.45) is 0 Å². The lowest BCUT2D eigenvalue weighted by molar-refractivity contribution is 0.320. The molecule has 1 aromatic carbocycles. The van der Waals surface area contributed by atoms with Crippen molar-refractivity contribution in [3.8, 4) is 5.75 Å². The van der Waals surface area contributed by atoms with E-state index in [0.29, 0.717) is 6.54 Å². The molecule has 0 aliphatic carbocycles. The van der Waals surface area contributed by atoms with Gasteiger partial charge in [0.1, 0.15) is 0 Å². The Labute approximate surface area is 107 Å². The van der Waals surface area contributed by atoms with Gasteiger partial charge < -0.3 is 9.64 Å². The zero-order chi connectivity index (χ0) is 12.8. The zero-order valence-corrected chi connectivity index (χ0v) is 11.3. The van der Waals surface area contributed by atoms with Crippen LogP contribution in [0.3, 0.4) is 0 Å². The normalized spacial score (nSPS) is 12.8. The van der Waals surface area contributed by atoms with Gasteiger partial charge in [-0.05, 0) is 44.6 Å². The van der Waals surface area contributed by atoms with E-state index >= 15 is 0 Å². The van der Waals surface area contributed by atoms with Crippen molar-refractivity contribution in [1.82, 2.24) is 4.90 Å². The number of rotatable bonds is 6. The van der Waals surface area contributed by atoms with Gasteiger partial charge in [0.25, 0.3) is 0 Å². The summed E-state index contributed by atoms with van der Waals surface area (Å²) in [4.78, 5) is 2.13. The summed E-state index contributed by atoms with van der Waals surface area (Å²) < 4.78 is 18.3. The summed E-state index contributed by atoms with van der Waals surface area (Å²) in [5, 5.41) is 0.171. The third-order valence-electron chi connectivity index (χ3n) is 2.58. The molecule has 96 valence electrons. The first-order valence-electron chi connectivity index (χ1n) is 5.68. The SMILES string of the molecule is COc1ccc(CN(C)CCC(C)Cl)cc1F. The molecule has 0 N–H and O–H groups in total. The van der Waals surface area contributed by atoms with Crippen molar-refractivity contribution in [3.63, 3.8) is 0 Å². The fourth-order valence-electron chi connectivity index (χ4n) is 1.60. The number of ether oxygens (including phenoxy) is 1. The third-order valence-corrected chi connectivity index (χ3v) is 2.80. The molecule has 0 aliphatic heterocycles. The first-order valence-corrected chi connectivity index (χ1v) is 6.11. The van der Waals surface area contributed by atoms with Gasteiger partial charge in [0.2, 0.25) is 0 Å². The van der Waals surface area contributed by atoms with Crippen molar-refractivity contribution in [1.29, 1.82) is 0 Å². The second-order valence-corrected chi connectivity index (χ2v) is 5.02. The molecule has 1 rings (SSSR count). The molecule has 1 aromatic rings. The minimum absolute atomic E-state index is 0.171. The lowest BCUT2D eigenvalue weighted by atomic mass is 10.2.